The van der Waals surface area contributed by atoms with Gasteiger partial charge in [0.05, 0.1) is 0 Å². The number of imide groups is 1. The number of carbonyl (C=O) groups is 3. The molecule has 1 aliphatic rings. The molecule has 0 aliphatic carbocycles. The minimum absolute atomic E-state index is 0.172. The van der Waals surface area contributed by atoms with Crippen molar-refractivity contribution in [3.05, 3.63) is 35.4 Å². The van der Waals surface area contributed by atoms with Crippen LogP contribution in [0, 0.1) is 0 Å². The van der Waals surface area contributed by atoms with Crippen LogP contribution in [-0.4, -0.2) is 39.7 Å². The minimum atomic E-state index is -1.11. The van der Waals surface area contributed by atoms with E-state index in [2.05, 4.69) is 5.32 Å². The van der Waals surface area contributed by atoms with Gasteiger partial charge in [-0.1, -0.05) is 24.4 Å². The van der Waals surface area contributed by atoms with Crippen LogP contribution in [0.15, 0.2) is 24.3 Å². The van der Waals surface area contributed by atoms with Crippen molar-refractivity contribution < 1.29 is 14.4 Å². The summed E-state index contributed by atoms with van der Waals surface area (Å²) in [4.78, 5) is 37.4. The van der Waals surface area contributed by atoms with Crippen molar-refractivity contribution in [1.29, 1.82) is 0 Å². The third kappa shape index (κ3) is 2.78. The highest BCUT2D eigenvalue weighted by Gasteiger charge is 2.43. The summed E-state index contributed by atoms with van der Waals surface area (Å²) in [5.41, 5.74) is 5.33. The van der Waals surface area contributed by atoms with Gasteiger partial charge in [-0.3, -0.25) is 19.7 Å². The SMILES string of the molecule is CC1(C)C(=O)NC(=O)CN1C(=O)c1cccc(C(N)=S)c1. The molecule has 6 nitrogen and oxygen atoms in total. The molecule has 0 bridgehead atoms. The zero-order chi connectivity index (χ0) is 15.8. The molecule has 0 unspecified atom stereocenters. The van der Waals surface area contributed by atoms with Gasteiger partial charge < -0.3 is 10.6 Å². The van der Waals surface area contributed by atoms with Crippen molar-refractivity contribution in [1.82, 2.24) is 10.2 Å². The van der Waals surface area contributed by atoms with Crippen LogP contribution in [0.25, 0.3) is 0 Å². The molecule has 0 spiro atoms. The van der Waals surface area contributed by atoms with Crippen LogP contribution in [0.1, 0.15) is 29.8 Å². The Labute approximate surface area is 127 Å². The number of hydrogen-bond donors (Lipinski definition) is 2. The van der Waals surface area contributed by atoms with Crippen molar-refractivity contribution in [3.8, 4) is 0 Å². The zero-order valence-electron chi connectivity index (χ0n) is 11.7. The Balaban J connectivity index is 2.38. The van der Waals surface area contributed by atoms with Crippen LogP contribution in [0.3, 0.4) is 0 Å². The molecule has 0 radical (unpaired) electrons. The second kappa shape index (κ2) is 5.25. The summed E-state index contributed by atoms with van der Waals surface area (Å²) in [7, 11) is 0. The number of nitrogens with one attached hydrogen (secondary N) is 1. The van der Waals surface area contributed by atoms with Crippen LogP contribution in [0.2, 0.25) is 0 Å². The number of thiocarbonyl (C=S) groups is 1. The molecule has 1 aromatic rings. The lowest BCUT2D eigenvalue weighted by molar-refractivity contribution is -0.143. The van der Waals surface area contributed by atoms with Crippen LogP contribution in [-0.2, 0) is 9.59 Å². The van der Waals surface area contributed by atoms with Crippen LogP contribution < -0.4 is 11.1 Å². The predicted molar refractivity (Wildman–Crippen MR) is 80.6 cm³/mol. The number of rotatable bonds is 2. The first kappa shape index (κ1) is 15.1. The molecule has 1 fully saturated rings. The number of benzene rings is 1. The standard InChI is InChI=1S/C14H15N3O3S/c1-14(2)13(20)16-10(18)7-17(14)12(19)9-5-3-4-8(6-9)11(15)21/h3-6H,7H2,1-2H3,(H2,15,21)(H,16,18,20). The third-order valence-electron chi connectivity index (χ3n) is 3.42. The molecule has 3 amide bonds. The van der Waals surface area contributed by atoms with E-state index in [4.69, 9.17) is 18.0 Å². The average molecular weight is 305 g/mol. The van der Waals surface area contributed by atoms with Gasteiger partial charge in [-0.25, -0.2) is 0 Å². The Morgan fingerprint density at radius 2 is 1.95 bits per heavy atom. The smallest absolute Gasteiger partial charge is 0.255 e. The van der Waals surface area contributed by atoms with Crippen LogP contribution >= 0.6 is 12.2 Å². The molecule has 1 saturated heterocycles. The number of nitrogens with zero attached hydrogens (tertiary/aromatic N) is 1. The number of piperazine rings is 1. The Morgan fingerprint density at radius 3 is 2.57 bits per heavy atom. The van der Waals surface area contributed by atoms with Gasteiger partial charge in [0.25, 0.3) is 11.8 Å². The normalized spacial score (nSPS) is 17.3. The summed E-state index contributed by atoms with van der Waals surface area (Å²) < 4.78 is 0. The summed E-state index contributed by atoms with van der Waals surface area (Å²) >= 11 is 4.88. The van der Waals surface area contributed by atoms with E-state index in [1.165, 1.54) is 4.90 Å². The Bertz CT molecular complexity index is 655. The third-order valence-corrected chi connectivity index (χ3v) is 3.66. The van der Waals surface area contributed by atoms with Gasteiger partial charge >= 0.3 is 0 Å². The molecule has 3 N–H and O–H groups in total. The van der Waals surface area contributed by atoms with Gasteiger partial charge in [0.2, 0.25) is 5.91 Å². The quantitative estimate of drug-likeness (QED) is 0.601. The van der Waals surface area contributed by atoms with E-state index in [-0.39, 0.29) is 11.5 Å². The topological polar surface area (TPSA) is 92.5 Å². The van der Waals surface area contributed by atoms with Gasteiger partial charge in [-0.15, -0.1) is 0 Å². The molecule has 0 aromatic heterocycles. The average Bonchev–Trinajstić information content (AvgIpc) is 2.42. The predicted octanol–water partition coefficient (Wildman–Crippen LogP) is 0.198. The maximum atomic E-state index is 12.6. The lowest BCUT2D eigenvalue weighted by Gasteiger charge is -2.40. The second-order valence-corrected chi connectivity index (χ2v) is 5.71. The van der Waals surface area contributed by atoms with Crippen LogP contribution in [0.5, 0.6) is 0 Å². The molecular formula is C14H15N3O3S. The zero-order valence-corrected chi connectivity index (χ0v) is 12.5. The molecule has 0 saturated carbocycles. The first-order valence-corrected chi connectivity index (χ1v) is 6.70. The summed E-state index contributed by atoms with van der Waals surface area (Å²) in [6.07, 6.45) is 0. The molecular weight excluding hydrogens is 290 g/mol. The van der Waals surface area contributed by atoms with E-state index in [9.17, 15) is 14.4 Å². The molecule has 7 heteroatoms. The van der Waals surface area contributed by atoms with E-state index >= 15 is 0 Å². The molecule has 1 aromatic carbocycles. The molecule has 21 heavy (non-hydrogen) atoms. The van der Waals surface area contributed by atoms with Gasteiger partial charge in [-0.05, 0) is 26.0 Å². The van der Waals surface area contributed by atoms with Gasteiger partial charge in [0.1, 0.15) is 17.1 Å². The fourth-order valence-corrected chi connectivity index (χ4v) is 2.20. The summed E-state index contributed by atoms with van der Waals surface area (Å²) in [6.45, 7) is 3.00. The van der Waals surface area contributed by atoms with Crippen molar-refractivity contribution >= 4 is 34.9 Å². The van der Waals surface area contributed by atoms with Gasteiger partial charge in [0, 0.05) is 11.1 Å². The number of amides is 3. The van der Waals surface area contributed by atoms with Gasteiger partial charge in [0.15, 0.2) is 0 Å². The van der Waals surface area contributed by atoms with Crippen LogP contribution in [0.4, 0.5) is 0 Å². The second-order valence-electron chi connectivity index (χ2n) is 5.27. The molecule has 1 aliphatic heterocycles. The highest BCUT2D eigenvalue weighted by molar-refractivity contribution is 7.80. The minimum Gasteiger partial charge on any atom is -0.389 e. The molecule has 2 rings (SSSR count). The van der Waals surface area contributed by atoms with E-state index < -0.39 is 23.3 Å². The lowest BCUT2D eigenvalue weighted by Crippen LogP contribution is -2.65. The molecule has 1 heterocycles. The van der Waals surface area contributed by atoms with Crippen molar-refractivity contribution in [2.45, 2.75) is 19.4 Å². The largest absolute Gasteiger partial charge is 0.389 e. The number of hydrogen-bond acceptors (Lipinski definition) is 4. The maximum absolute atomic E-state index is 12.6. The monoisotopic (exact) mass is 305 g/mol. The number of nitrogens with two attached hydrogens (primary N) is 1. The van der Waals surface area contributed by atoms with Gasteiger partial charge in [-0.2, -0.15) is 0 Å². The van der Waals surface area contributed by atoms with Crippen molar-refractivity contribution in [3.63, 3.8) is 0 Å². The summed E-state index contributed by atoms with van der Waals surface area (Å²) in [5.74, 6) is -1.42. The van der Waals surface area contributed by atoms with Crippen molar-refractivity contribution in [2.24, 2.45) is 5.73 Å². The maximum Gasteiger partial charge on any atom is 0.255 e. The highest BCUT2D eigenvalue weighted by atomic mass is 32.1. The molecule has 0 atom stereocenters. The van der Waals surface area contributed by atoms with E-state index in [0.717, 1.165) is 0 Å². The Kier molecular flexibility index (Phi) is 3.78. The van der Waals surface area contributed by atoms with Crippen molar-refractivity contribution in [2.75, 3.05) is 6.54 Å². The first-order valence-electron chi connectivity index (χ1n) is 6.29. The summed E-state index contributed by atoms with van der Waals surface area (Å²) in [6, 6.07) is 6.49. The fraction of sp³-hybridized carbons (Fsp3) is 0.286. The Morgan fingerprint density at radius 1 is 1.33 bits per heavy atom. The molecule has 110 valence electrons. The van der Waals surface area contributed by atoms with E-state index in [1.807, 2.05) is 0 Å². The fourth-order valence-electron chi connectivity index (χ4n) is 2.07. The first-order chi connectivity index (χ1) is 9.73. The Hall–Kier alpha value is -2.28. The highest BCUT2D eigenvalue weighted by Crippen LogP contribution is 2.21. The van der Waals surface area contributed by atoms with E-state index in [1.54, 1.807) is 38.1 Å². The summed E-state index contributed by atoms with van der Waals surface area (Å²) in [5, 5.41) is 2.22. The van der Waals surface area contributed by atoms with E-state index in [0.29, 0.717) is 11.1 Å². The number of carbonyl (C=O) groups excluding carboxylic acids is 3. The lowest BCUT2D eigenvalue weighted by atomic mass is 9.97.